The van der Waals surface area contributed by atoms with Crippen LogP contribution >= 0.6 is 11.8 Å². The molecule has 1 amide bonds. The zero-order valence-corrected chi connectivity index (χ0v) is 20.6. The first kappa shape index (κ1) is 23.2. The summed E-state index contributed by atoms with van der Waals surface area (Å²) < 4.78 is 11.0. The van der Waals surface area contributed by atoms with E-state index in [9.17, 15) is 4.79 Å². The van der Waals surface area contributed by atoms with Crippen LogP contribution in [0.25, 0.3) is 6.08 Å². The molecule has 2 aromatic carbocycles. The number of ether oxygens (including phenoxy) is 2. The highest BCUT2D eigenvalue weighted by Crippen LogP contribution is 2.38. The number of aliphatic imine (C=N–C) groups is 1. The molecule has 0 N–H and O–H groups in total. The SMILES string of the molecule is CCN1C(=O)/C(=C/c2ccc(OC)c(C)c2OC)SC1=Nc1ccc(N2CCCCC2)cc1. The van der Waals surface area contributed by atoms with Gasteiger partial charge in [-0.2, -0.15) is 0 Å². The van der Waals surface area contributed by atoms with Crippen LogP contribution in [-0.4, -0.2) is 49.8 Å². The number of methoxy groups -OCH3 is 2. The Bertz CT molecular complexity index is 1070. The van der Waals surface area contributed by atoms with Gasteiger partial charge in [-0.05, 0) is 87.3 Å². The van der Waals surface area contributed by atoms with Gasteiger partial charge in [0.25, 0.3) is 5.91 Å². The number of hydrogen-bond acceptors (Lipinski definition) is 6. The lowest BCUT2D eigenvalue weighted by atomic mass is 10.1. The van der Waals surface area contributed by atoms with Gasteiger partial charge in [0.1, 0.15) is 11.5 Å². The van der Waals surface area contributed by atoms with Crippen LogP contribution in [0.2, 0.25) is 0 Å². The summed E-state index contributed by atoms with van der Waals surface area (Å²) in [4.78, 5) is 22.7. The van der Waals surface area contributed by atoms with Gasteiger partial charge < -0.3 is 14.4 Å². The molecule has 2 aromatic rings. The molecule has 0 atom stereocenters. The number of piperidine rings is 1. The van der Waals surface area contributed by atoms with E-state index in [2.05, 4.69) is 17.0 Å². The van der Waals surface area contributed by atoms with Crippen molar-refractivity contribution in [3.8, 4) is 11.5 Å². The van der Waals surface area contributed by atoms with Crippen LogP contribution in [0.15, 0.2) is 46.3 Å². The normalized spacial score (nSPS) is 19.0. The summed E-state index contributed by atoms with van der Waals surface area (Å²) in [6, 6.07) is 12.1. The average Bonchev–Trinajstić information content (AvgIpc) is 3.14. The van der Waals surface area contributed by atoms with E-state index in [4.69, 9.17) is 14.5 Å². The molecule has 0 bridgehead atoms. The number of benzene rings is 2. The Morgan fingerprint density at radius 2 is 1.76 bits per heavy atom. The van der Waals surface area contributed by atoms with Crippen molar-refractivity contribution in [3.05, 3.63) is 52.4 Å². The summed E-state index contributed by atoms with van der Waals surface area (Å²) >= 11 is 1.40. The van der Waals surface area contributed by atoms with Crippen LogP contribution in [0.4, 0.5) is 11.4 Å². The van der Waals surface area contributed by atoms with Gasteiger partial charge in [-0.15, -0.1) is 0 Å². The Hall–Kier alpha value is -2.93. The smallest absolute Gasteiger partial charge is 0.266 e. The third kappa shape index (κ3) is 4.88. The Labute approximate surface area is 200 Å². The van der Waals surface area contributed by atoms with Gasteiger partial charge in [0, 0.05) is 36.4 Å². The van der Waals surface area contributed by atoms with Gasteiger partial charge >= 0.3 is 0 Å². The van der Waals surface area contributed by atoms with E-state index >= 15 is 0 Å². The highest BCUT2D eigenvalue weighted by Gasteiger charge is 2.32. The summed E-state index contributed by atoms with van der Waals surface area (Å²) in [5.41, 5.74) is 3.84. The van der Waals surface area contributed by atoms with E-state index < -0.39 is 0 Å². The van der Waals surface area contributed by atoms with E-state index in [1.807, 2.05) is 44.2 Å². The number of amidine groups is 1. The van der Waals surface area contributed by atoms with Gasteiger partial charge in [0.15, 0.2) is 5.17 Å². The minimum Gasteiger partial charge on any atom is -0.496 e. The first-order chi connectivity index (χ1) is 16.0. The third-order valence-electron chi connectivity index (χ3n) is 6.10. The number of carbonyl (C=O) groups is 1. The lowest BCUT2D eigenvalue weighted by Crippen LogP contribution is -2.29. The summed E-state index contributed by atoms with van der Waals surface area (Å²) in [5.74, 6) is 1.42. The van der Waals surface area contributed by atoms with Crippen LogP contribution in [0.5, 0.6) is 11.5 Å². The number of likely N-dealkylation sites (N-methyl/N-ethyl adjacent to an activating group) is 1. The first-order valence-electron chi connectivity index (χ1n) is 11.4. The van der Waals surface area contributed by atoms with Gasteiger partial charge in [0.2, 0.25) is 0 Å². The summed E-state index contributed by atoms with van der Waals surface area (Å²) in [6.45, 7) is 6.71. The lowest BCUT2D eigenvalue weighted by molar-refractivity contribution is -0.122. The molecule has 33 heavy (non-hydrogen) atoms. The standard InChI is InChI=1S/C26H31N3O3S/c1-5-29-25(30)23(17-19-9-14-22(31-3)18(2)24(19)32-4)33-26(29)27-20-10-12-21(13-11-20)28-15-7-6-8-16-28/h9-14,17H,5-8,15-16H2,1-4H3/b23-17-,27-26?. The molecule has 0 unspecified atom stereocenters. The predicted molar refractivity (Wildman–Crippen MR) is 137 cm³/mol. The largest absolute Gasteiger partial charge is 0.496 e. The van der Waals surface area contributed by atoms with E-state index in [-0.39, 0.29) is 5.91 Å². The first-order valence-corrected chi connectivity index (χ1v) is 12.2. The van der Waals surface area contributed by atoms with Crippen LogP contribution in [0.3, 0.4) is 0 Å². The zero-order chi connectivity index (χ0) is 23.4. The minimum atomic E-state index is -0.0401. The van der Waals surface area contributed by atoms with E-state index in [1.54, 1.807) is 19.1 Å². The molecule has 0 spiro atoms. The van der Waals surface area contributed by atoms with Crippen LogP contribution in [0, 0.1) is 6.92 Å². The summed E-state index contributed by atoms with van der Waals surface area (Å²) in [7, 11) is 3.27. The molecule has 0 saturated carbocycles. The Balaban J connectivity index is 1.59. The quantitative estimate of drug-likeness (QED) is 0.518. The second-order valence-electron chi connectivity index (χ2n) is 8.13. The molecule has 2 heterocycles. The number of anilines is 1. The number of amides is 1. The molecular weight excluding hydrogens is 434 g/mol. The molecule has 0 aromatic heterocycles. The van der Waals surface area contributed by atoms with E-state index in [1.165, 1.54) is 36.7 Å². The molecule has 6 nitrogen and oxygen atoms in total. The second kappa shape index (κ2) is 10.3. The van der Waals surface area contributed by atoms with Crippen molar-refractivity contribution in [1.82, 2.24) is 4.90 Å². The highest BCUT2D eigenvalue weighted by atomic mass is 32.2. The van der Waals surface area contributed by atoms with Crippen LogP contribution in [-0.2, 0) is 4.79 Å². The lowest BCUT2D eigenvalue weighted by Gasteiger charge is -2.28. The molecule has 2 saturated heterocycles. The topological polar surface area (TPSA) is 54.4 Å². The minimum absolute atomic E-state index is 0.0401. The molecule has 2 aliphatic heterocycles. The van der Waals surface area contributed by atoms with Gasteiger partial charge in [0.05, 0.1) is 24.8 Å². The van der Waals surface area contributed by atoms with Crippen molar-refractivity contribution in [3.63, 3.8) is 0 Å². The fraction of sp³-hybridized carbons (Fsp3) is 0.385. The van der Waals surface area contributed by atoms with Crippen molar-refractivity contribution in [2.45, 2.75) is 33.1 Å². The Morgan fingerprint density at radius 1 is 1.03 bits per heavy atom. The van der Waals surface area contributed by atoms with Crippen molar-refractivity contribution >= 4 is 40.3 Å². The number of carbonyl (C=O) groups excluding carboxylic acids is 1. The molecule has 174 valence electrons. The highest BCUT2D eigenvalue weighted by molar-refractivity contribution is 8.18. The van der Waals surface area contributed by atoms with E-state index in [0.717, 1.165) is 35.7 Å². The molecule has 2 fully saturated rings. The Kier molecular flexibility index (Phi) is 7.28. The van der Waals surface area contributed by atoms with Crippen molar-refractivity contribution in [2.75, 3.05) is 38.8 Å². The number of nitrogens with zero attached hydrogens (tertiary/aromatic N) is 3. The van der Waals surface area contributed by atoms with Gasteiger partial charge in [-0.1, -0.05) is 0 Å². The van der Waals surface area contributed by atoms with Crippen molar-refractivity contribution in [2.24, 2.45) is 4.99 Å². The molecular formula is C26H31N3O3S. The average molecular weight is 466 g/mol. The van der Waals surface area contributed by atoms with Crippen LogP contribution < -0.4 is 14.4 Å². The molecule has 7 heteroatoms. The fourth-order valence-corrected chi connectivity index (χ4v) is 5.37. The number of rotatable bonds is 6. The molecule has 2 aliphatic rings. The summed E-state index contributed by atoms with van der Waals surface area (Å²) in [5, 5.41) is 0.698. The van der Waals surface area contributed by atoms with Gasteiger partial charge in [-0.3, -0.25) is 9.69 Å². The molecule has 0 radical (unpaired) electrons. The summed E-state index contributed by atoms with van der Waals surface area (Å²) in [6.07, 6.45) is 5.70. The molecule has 0 aliphatic carbocycles. The monoisotopic (exact) mass is 465 g/mol. The van der Waals surface area contributed by atoms with Gasteiger partial charge in [-0.25, -0.2) is 4.99 Å². The maximum absolute atomic E-state index is 13.1. The maximum atomic E-state index is 13.1. The van der Waals surface area contributed by atoms with E-state index in [0.29, 0.717) is 22.4 Å². The molecule has 4 rings (SSSR count). The maximum Gasteiger partial charge on any atom is 0.266 e. The number of thioether (sulfide) groups is 1. The fourth-order valence-electron chi connectivity index (χ4n) is 4.31. The zero-order valence-electron chi connectivity index (χ0n) is 19.8. The van der Waals surface area contributed by atoms with Crippen molar-refractivity contribution in [1.29, 1.82) is 0 Å². The van der Waals surface area contributed by atoms with Crippen LogP contribution in [0.1, 0.15) is 37.3 Å². The third-order valence-corrected chi connectivity index (χ3v) is 7.10. The van der Waals surface area contributed by atoms with Crippen molar-refractivity contribution < 1.29 is 14.3 Å². The predicted octanol–water partition coefficient (Wildman–Crippen LogP) is 5.63. The second-order valence-corrected chi connectivity index (χ2v) is 9.14. The number of hydrogen-bond donors (Lipinski definition) is 0. The Morgan fingerprint density at radius 3 is 2.39 bits per heavy atom.